The molecule has 4 N–H and O–H groups in total. The van der Waals surface area contributed by atoms with Gasteiger partial charge in [0.25, 0.3) is 0 Å². The molecule has 180 valence electrons. The van der Waals surface area contributed by atoms with Crippen molar-refractivity contribution < 1.29 is 29.9 Å². The largest absolute Gasteiger partial charge is 0.394 e. The van der Waals surface area contributed by atoms with E-state index in [2.05, 4.69) is 45.9 Å². The molecule has 0 radical (unpaired) electrons. The van der Waals surface area contributed by atoms with E-state index in [1.165, 1.54) is 30.4 Å². The summed E-state index contributed by atoms with van der Waals surface area (Å²) >= 11 is 0. The molecule has 6 heteroatoms. The number of rotatable bonds is 8. The molecule has 1 fully saturated rings. The van der Waals surface area contributed by atoms with Gasteiger partial charge in [-0.1, -0.05) is 67.0 Å². The van der Waals surface area contributed by atoms with Gasteiger partial charge in [0, 0.05) is 0 Å². The van der Waals surface area contributed by atoms with Crippen LogP contribution in [0.3, 0.4) is 0 Å². The molecule has 2 aliphatic rings. The molecule has 0 saturated carbocycles. The summed E-state index contributed by atoms with van der Waals surface area (Å²) in [4.78, 5) is 0. The van der Waals surface area contributed by atoms with E-state index in [-0.39, 0.29) is 12.0 Å². The fourth-order valence-corrected chi connectivity index (χ4v) is 4.18. The molecule has 0 spiro atoms. The molecule has 1 aliphatic carbocycles. The average Bonchev–Trinajstić information content (AvgIpc) is 2.73. The summed E-state index contributed by atoms with van der Waals surface area (Å²) in [7, 11) is 0. The van der Waals surface area contributed by atoms with Crippen LogP contribution in [0.2, 0.25) is 0 Å². The zero-order chi connectivity index (χ0) is 23.9. The lowest BCUT2D eigenvalue weighted by atomic mass is 9.72. The first-order valence-corrected chi connectivity index (χ1v) is 11.4. The fraction of sp³-hybridized carbons (Fsp3) is 0.615. The van der Waals surface area contributed by atoms with Crippen LogP contribution in [0.25, 0.3) is 0 Å². The van der Waals surface area contributed by atoms with Crippen LogP contribution in [-0.2, 0) is 9.47 Å². The number of allylic oxidation sites excluding steroid dienone is 9. The van der Waals surface area contributed by atoms with Gasteiger partial charge in [-0.15, -0.1) is 0 Å². The Bertz CT molecular complexity index is 771. The minimum atomic E-state index is -1.43. The maximum Gasteiger partial charge on any atom is 0.187 e. The predicted molar refractivity (Wildman–Crippen MR) is 126 cm³/mol. The molecular formula is C26H40O6. The van der Waals surface area contributed by atoms with Crippen LogP contribution in [0.4, 0.5) is 0 Å². The van der Waals surface area contributed by atoms with E-state index in [1.807, 2.05) is 25.2 Å². The molecule has 6 nitrogen and oxygen atoms in total. The number of aliphatic hydroxyl groups is 4. The zero-order valence-corrected chi connectivity index (χ0v) is 20.0. The van der Waals surface area contributed by atoms with E-state index in [9.17, 15) is 20.4 Å². The van der Waals surface area contributed by atoms with E-state index in [1.54, 1.807) is 0 Å². The van der Waals surface area contributed by atoms with Gasteiger partial charge in [0.05, 0.1) is 13.2 Å². The Morgan fingerprint density at radius 3 is 2.47 bits per heavy atom. The van der Waals surface area contributed by atoms with Gasteiger partial charge in [0.2, 0.25) is 0 Å². The van der Waals surface area contributed by atoms with E-state index in [0.29, 0.717) is 0 Å². The Kier molecular flexibility index (Phi) is 10.1. The van der Waals surface area contributed by atoms with Crippen molar-refractivity contribution >= 4 is 0 Å². The zero-order valence-electron chi connectivity index (χ0n) is 20.0. The molecule has 2 rings (SSSR count). The fourth-order valence-electron chi connectivity index (χ4n) is 4.18. The van der Waals surface area contributed by atoms with Crippen molar-refractivity contribution in [1.29, 1.82) is 0 Å². The molecule has 32 heavy (non-hydrogen) atoms. The maximum atomic E-state index is 9.99. The first-order chi connectivity index (χ1) is 15.1. The third kappa shape index (κ3) is 7.24. The van der Waals surface area contributed by atoms with Gasteiger partial charge >= 0.3 is 0 Å². The van der Waals surface area contributed by atoms with Crippen LogP contribution in [0.15, 0.2) is 58.7 Å². The lowest BCUT2D eigenvalue weighted by Crippen LogP contribution is -2.59. The highest BCUT2D eigenvalue weighted by atomic mass is 16.7. The Morgan fingerprint density at radius 2 is 1.81 bits per heavy atom. The summed E-state index contributed by atoms with van der Waals surface area (Å²) < 4.78 is 10.8. The van der Waals surface area contributed by atoms with Crippen LogP contribution < -0.4 is 0 Å². The van der Waals surface area contributed by atoms with E-state index in [4.69, 9.17) is 9.47 Å². The molecule has 0 aromatic rings. The van der Waals surface area contributed by atoms with Crippen molar-refractivity contribution in [3.8, 4) is 0 Å². The smallest absolute Gasteiger partial charge is 0.187 e. The topological polar surface area (TPSA) is 99.4 Å². The monoisotopic (exact) mass is 448 g/mol. The lowest BCUT2D eigenvalue weighted by Gasteiger charge is -2.39. The second-order valence-electron chi connectivity index (χ2n) is 9.51. The molecule has 0 unspecified atom stereocenters. The second kappa shape index (κ2) is 12.1. The molecule has 0 aromatic carbocycles. The van der Waals surface area contributed by atoms with Crippen LogP contribution in [0.1, 0.15) is 53.9 Å². The average molecular weight is 449 g/mol. The molecule has 1 aliphatic heterocycles. The summed E-state index contributed by atoms with van der Waals surface area (Å²) in [5, 5.41) is 38.8. The van der Waals surface area contributed by atoms with Crippen molar-refractivity contribution in [2.45, 2.75) is 84.6 Å². The van der Waals surface area contributed by atoms with Gasteiger partial charge in [-0.3, -0.25) is 0 Å². The molecule has 0 bridgehead atoms. The SMILES string of the molecule is CC1=C(/C=C/C(C)=C/C=C/C(C)=C/CO[C@H]2O[C@@H](CO)[C@H](O)[C@@H](O)[C@@H]2O)C(C)(C)CCC1. The van der Waals surface area contributed by atoms with Gasteiger partial charge in [0.15, 0.2) is 6.29 Å². The van der Waals surface area contributed by atoms with Crippen molar-refractivity contribution in [2.75, 3.05) is 13.2 Å². The summed E-state index contributed by atoms with van der Waals surface area (Å²) in [6, 6.07) is 0. The van der Waals surface area contributed by atoms with Crippen molar-refractivity contribution in [3.05, 3.63) is 58.7 Å². The van der Waals surface area contributed by atoms with Gasteiger partial charge in [0.1, 0.15) is 24.4 Å². The quantitative estimate of drug-likeness (QED) is 0.425. The maximum absolute atomic E-state index is 9.99. The molecule has 0 aromatic heterocycles. The van der Waals surface area contributed by atoms with E-state index in [0.717, 1.165) is 11.1 Å². The van der Waals surface area contributed by atoms with E-state index >= 15 is 0 Å². The van der Waals surface area contributed by atoms with Gasteiger partial charge in [-0.05, 0) is 51.0 Å². The molecule has 5 atom stereocenters. The number of ether oxygens (including phenoxy) is 2. The molecular weight excluding hydrogens is 408 g/mol. The van der Waals surface area contributed by atoms with Crippen LogP contribution in [-0.4, -0.2) is 64.3 Å². The minimum Gasteiger partial charge on any atom is -0.394 e. The van der Waals surface area contributed by atoms with Crippen LogP contribution in [0, 0.1) is 5.41 Å². The van der Waals surface area contributed by atoms with Crippen LogP contribution in [0.5, 0.6) is 0 Å². The summed E-state index contributed by atoms with van der Waals surface area (Å²) in [6.45, 7) is 10.6. The lowest BCUT2D eigenvalue weighted by molar-refractivity contribution is -0.298. The Labute approximate surface area is 192 Å². The highest BCUT2D eigenvalue weighted by molar-refractivity contribution is 5.37. The number of aliphatic hydroxyl groups excluding tert-OH is 4. The van der Waals surface area contributed by atoms with E-state index < -0.39 is 37.3 Å². The number of hydrogen-bond donors (Lipinski definition) is 4. The third-order valence-electron chi connectivity index (χ3n) is 6.29. The van der Waals surface area contributed by atoms with Gasteiger partial charge in [-0.25, -0.2) is 0 Å². The minimum absolute atomic E-state index is 0.157. The van der Waals surface area contributed by atoms with Gasteiger partial charge < -0.3 is 29.9 Å². The summed E-state index contributed by atoms with van der Waals surface area (Å²) in [5.41, 5.74) is 5.29. The molecule has 0 amide bonds. The third-order valence-corrected chi connectivity index (χ3v) is 6.29. The molecule has 1 saturated heterocycles. The standard InChI is InChI=1S/C26H40O6/c1-17(11-12-20-19(3)10-7-14-26(20,4)5)8-6-9-18(2)13-15-31-25-24(30)23(29)22(28)21(16-27)32-25/h6,8-9,11-13,21-25,27-30H,7,10,14-16H2,1-5H3/b9-6+,12-11+,17-8+,18-13+/t21-,22-,23+,24-,25-/m0/s1. The second-order valence-corrected chi connectivity index (χ2v) is 9.51. The Hall–Kier alpha value is -1.54. The van der Waals surface area contributed by atoms with Gasteiger partial charge in [-0.2, -0.15) is 0 Å². The predicted octanol–water partition coefficient (Wildman–Crippen LogP) is 3.33. The highest BCUT2D eigenvalue weighted by Crippen LogP contribution is 2.40. The normalized spacial score (nSPS) is 32.3. The first kappa shape index (κ1) is 26.7. The molecule has 1 heterocycles. The first-order valence-electron chi connectivity index (χ1n) is 11.4. The van der Waals surface area contributed by atoms with Crippen molar-refractivity contribution in [3.63, 3.8) is 0 Å². The summed E-state index contributed by atoms with van der Waals surface area (Å²) in [5.74, 6) is 0. The van der Waals surface area contributed by atoms with Crippen LogP contribution >= 0.6 is 0 Å². The Morgan fingerprint density at radius 1 is 1.09 bits per heavy atom. The Balaban J connectivity index is 1.88. The highest BCUT2D eigenvalue weighted by Gasteiger charge is 2.43. The number of hydrogen-bond acceptors (Lipinski definition) is 6. The van der Waals surface area contributed by atoms with Crippen molar-refractivity contribution in [1.82, 2.24) is 0 Å². The summed E-state index contributed by atoms with van der Waals surface area (Å²) in [6.07, 6.45) is 9.62. The van der Waals surface area contributed by atoms with Crippen molar-refractivity contribution in [2.24, 2.45) is 5.41 Å².